The summed E-state index contributed by atoms with van der Waals surface area (Å²) in [6.07, 6.45) is 0. The quantitative estimate of drug-likeness (QED) is 0.246. The number of carboxylic acids is 1. The van der Waals surface area contributed by atoms with Crippen LogP contribution in [-0.2, 0) is 25.8 Å². The molecule has 1 unspecified atom stereocenters. The van der Waals surface area contributed by atoms with Crippen molar-refractivity contribution in [3.8, 4) is 0 Å². The number of aryl methyl sites for hydroxylation is 1. The van der Waals surface area contributed by atoms with Gasteiger partial charge in [-0.2, -0.15) is 4.80 Å². The van der Waals surface area contributed by atoms with E-state index in [4.69, 9.17) is 10.6 Å². The fraction of sp³-hybridized carbons (Fsp3) is 0.375. The van der Waals surface area contributed by atoms with Gasteiger partial charge >= 0.3 is 5.97 Å². The monoisotopic (exact) mass is 479 g/mol. The lowest BCUT2D eigenvalue weighted by Gasteiger charge is -2.51. The Labute approximate surface area is 188 Å². The Kier molecular flexibility index (Phi) is 5.79. The van der Waals surface area contributed by atoms with Gasteiger partial charge in [-0.25, -0.2) is 9.78 Å². The number of thioether (sulfide) groups is 1. The van der Waals surface area contributed by atoms with Gasteiger partial charge in [-0.05, 0) is 23.1 Å². The molecule has 3 atom stereocenters. The van der Waals surface area contributed by atoms with Gasteiger partial charge in [-0.15, -0.1) is 33.3 Å². The van der Waals surface area contributed by atoms with Gasteiger partial charge in [0.1, 0.15) is 24.2 Å². The molecule has 4 rings (SSSR count). The zero-order valence-electron chi connectivity index (χ0n) is 16.7. The second kappa shape index (κ2) is 8.54. The first-order valence-corrected chi connectivity index (χ1v) is 10.9. The number of carbonyl (C=O) groups is 3. The predicted molar refractivity (Wildman–Crippen MR) is 112 cm³/mol. The summed E-state index contributed by atoms with van der Waals surface area (Å²) in [4.78, 5) is 48.7. The summed E-state index contributed by atoms with van der Waals surface area (Å²) >= 11 is 2.34. The van der Waals surface area contributed by atoms with Crippen molar-refractivity contribution in [2.75, 3.05) is 12.8 Å². The minimum Gasteiger partial charge on any atom is -0.479 e. The van der Waals surface area contributed by atoms with E-state index in [9.17, 15) is 19.5 Å². The molecule has 0 aromatic carbocycles. The predicted octanol–water partition coefficient (Wildman–Crippen LogP) is -1.19. The van der Waals surface area contributed by atoms with Gasteiger partial charge in [0.05, 0.1) is 6.54 Å². The number of aromatic nitrogens is 5. The summed E-state index contributed by atoms with van der Waals surface area (Å²) < 4.78 is 0. The van der Waals surface area contributed by atoms with Crippen LogP contribution in [0, 0.1) is 6.92 Å². The number of carbonyl (C=O) groups excluding carboxylic acids is 2. The second-order valence-electron chi connectivity index (χ2n) is 6.72. The van der Waals surface area contributed by atoms with Gasteiger partial charge in [0.15, 0.2) is 22.7 Å². The highest BCUT2D eigenvalue weighted by Crippen LogP contribution is 2.40. The molecule has 14 nitrogen and oxygen atoms in total. The van der Waals surface area contributed by atoms with E-state index in [0.29, 0.717) is 11.4 Å². The summed E-state index contributed by atoms with van der Waals surface area (Å²) in [5, 5.41) is 30.5. The molecule has 2 aromatic rings. The average molecular weight is 480 g/mol. The van der Waals surface area contributed by atoms with Crippen molar-refractivity contribution in [3.05, 3.63) is 27.9 Å². The molecule has 0 spiro atoms. The fourth-order valence-corrected chi connectivity index (χ4v) is 5.06. The number of fused-ring (bicyclic) bond motifs is 1. The van der Waals surface area contributed by atoms with E-state index in [1.165, 1.54) is 33.9 Å². The Morgan fingerprint density at radius 2 is 2.22 bits per heavy atom. The summed E-state index contributed by atoms with van der Waals surface area (Å²) in [5.74, 6) is -1.99. The number of nitrogens with zero attached hydrogens (tertiary/aromatic N) is 7. The molecule has 2 aliphatic heterocycles. The highest BCUT2D eigenvalue weighted by Gasteiger charge is 2.56. The van der Waals surface area contributed by atoms with Crippen molar-refractivity contribution in [1.29, 1.82) is 0 Å². The first-order valence-electron chi connectivity index (χ1n) is 9.07. The molecule has 0 saturated carbocycles. The van der Waals surface area contributed by atoms with E-state index in [-0.39, 0.29) is 23.1 Å². The molecule has 4 heterocycles. The minimum absolute atomic E-state index is 0.0637. The third kappa shape index (κ3) is 3.89. The number of β-lactam (4-membered cyclic amide) rings is 1. The Balaban J connectivity index is 1.52. The van der Waals surface area contributed by atoms with Crippen molar-refractivity contribution in [2.24, 2.45) is 5.16 Å². The highest BCUT2D eigenvalue weighted by molar-refractivity contribution is 8.02. The van der Waals surface area contributed by atoms with Gasteiger partial charge in [0.25, 0.3) is 5.91 Å². The number of nitrogens with two attached hydrogens (primary N) is 1. The zero-order valence-corrected chi connectivity index (χ0v) is 18.3. The third-order valence-electron chi connectivity index (χ3n) is 4.63. The van der Waals surface area contributed by atoms with Gasteiger partial charge in [0.2, 0.25) is 5.91 Å². The maximum absolute atomic E-state index is 12.8. The van der Waals surface area contributed by atoms with Crippen molar-refractivity contribution in [2.45, 2.75) is 30.9 Å². The van der Waals surface area contributed by atoms with E-state index in [2.05, 4.69) is 30.9 Å². The van der Waals surface area contributed by atoms with Crippen LogP contribution in [0.1, 0.15) is 11.5 Å². The molecular weight excluding hydrogens is 462 g/mol. The molecule has 32 heavy (non-hydrogen) atoms. The number of rotatable bonds is 7. The molecule has 2 aliphatic rings. The smallest absolute Gasteiger partial charge is 0.330 e. The lowest BCUT2D eigenvalue weighted by Crippen LogP contribution is -2.74. The van der Waals surface area contributed by atoms with E-state index < -0.39 is 35.2 Å². The standard InChI is InChI=1S/C16H17N9O5S2/c1-6-20-23-24(21-6)3-7-4-31-14-10(13(27)25(14)11(7)15(28)29)19-12(26)9(22-30-2)8-5-32-16(17)18-8/h4-5,10-11,14H,3H2,1-2H3,(H2,17,18)(H,19,26)(H,28,29)/b22-9-/t10-,11?,14-/m1/s1. The molecule has 168 valence electrons. The lowest BCUT2D eigenvalue weighted by molar-refractivity contribution is -0.159. The van der Waals surface area contributed by atoms with Crippen LogP contribution in [-0.4, -0.2) is 83.3 Å². The molecule has 16 heteroatoms. The minimum atomic E-state index is -1.21. The maximum atomic E-state index is 12.8. The van der Waals surface area contributed by atoms with Crippen molar-refractivity contribution in [1.82, 2.24) is 35.4 Å². The van der Waals surface area contributed by atoms with Crippen LogP contribution in [0.25, 0.3) is 0 Å². The summed E-state index contributed by atoms with van der Waals surface area (Å²) in [6, 6.07) is -2.16. The SMILES string of the molecule is CO/N=C(\C(=O)N[C@@H]1C(=O)N2C(C(=O)O)C(Cn3nnc(C)n3)=CS[C@H]12)c1csc(N)n1. The first-order chi connectivity index (χ1) is 15.3. The summed E-state index contributed by atoms with van der Waals surface area (Å²) in [5.41, 5.74) is 6.09. The first kappa shape index (κ1) is 21.7. The Morgan fingerprint density at radius 1 is 1.44 bits per heavy atom. The van der Waals surface area contributed by atoms with Crippen molar-refractivity contribution < 1.29 is 24.3 Å². The van der Waals surface area contributed by atoms with Gasteiger partial charge in [-0.1, -0.05) is 5.16 Å². The summed E-state index contributed by atoms with van der Waals surface area (Å²) in [6.45, 7) is 1.72. The number of hydrogen-bond acceptors (Lipinski definition) is 12. The number of hydrogen-bond donors (Lipinski definition) is 3. The van der Waals surface area contributed by atoms with Crippen LogP contribution >= 0.6 is 23.1 Å². The number of oxime groups is 1. The largest absolute Gasteiger partial charge is 0.479 e. The molecule has 2 aromatic heterocycles. The molecule has 2 amide bonds. The number of tetrazole rings is 1. The Hall–Kier alpha value is -3.53. The van der Waals surface area contributed by atoms with Gasteiger partial charge in [-0.3, -0.25) is 9.59 Å². The molecule has 1 saturated heterocycles. The van der Waals surface area contributed by atoms with Gasteiger partial charge < -0.3 is 25.9 Å². The average Bonchev–Trinajstić information content (AvgIpc) is 3.37. The highest BCUT2D eigenvalue weighted by atomic mass is 32.2. The molecule has 1 fully saturated rings. The molecule has 0 radical (unpaired) electrons. The normalized spacial score (nSPS) is 22.6. The van der Waals surface area contributed by atoms with Crippen LogP contribution in [0.5, 0.6) is 0 Å². The topological polar surface area (TPSA) is 191 Å². The van der Waals surface area contributed by atoms with Crippen LogP contribution in [0.3, 0.4) is 0 Å². The number of anilines is 1. The Bertz CT molecular complexity index is 1140. The van der Waals surface area contributed by atoms with Crippen LogP contribution in [0.4, 0.5) is 5.13 Å². The van der Waals surface area contributed by atoms with E-state index in [0.717, 1.165) is 11.3 Å². The molecular formula is C16H17N9O5S2. The van der Waals surface area contributed by atoms with Crippen LogP contribution < -0.4 is 11.1 Å². The van der Waals surface area contributed by atoms with E-state index in [1.54, 1.807) is 12.3 Å². The van der Waals surface area contributed by atoms with E-state index in [1.807, 2.05) is 0 Å². The zero-order chi connectivity index (χ0) is 23.0. The Morgan fingerprint density at radius 3 is 2.81 bits per heavy atom. The number of amides is 2. The fourth-order valence-electron chi connectivity index (χ4n) is 3.29. The second-order valence-corrected chi connectivity index (χ2v) is 8.60. The molecule has 0 bridgehead atoms. The number of nitrogens with one attached hydrogen (secondary N) is 1. The van der Waals surface area contributed by atoms with Crippen LogP contribution in [0.2, 0.25) is 0 Å². The number of nitrogen functional groups attached to an aromatic ring is 1. The third-order valence-corrected chi connectivity index (χ3v) is 6.52. The van der Waals surface area contributed by atoms with Gasteiger partial charge in [0, 0.05) is 5.38 Å². The number of carboxylic acid groups (broad SMARTS) is 1. The summed E-state index contributed by atoms with van der Waals surface area (Å²) in [7, 11) is 1.27. The van der Waals surface area contributed by atoms with Crippen LogP contribution in [0.15, 0.2) is 21.5 Å². The number of aliphatic carboxylic acids is 1. The van der Waals surface area contributed by atoms with Crippen molar-refractivity contribution >= 4 is 51.7 Å². The molecule has 0 aliphatic carbocycles. The molecule has 4 N–H and O–H groups in total. The van der Waals surface area contributed by atoms with E-state index >= 15 is 0 Å². The maximum Gasteiger partial charge on any atom is 0.330 e. The van der Waals surface area contributed by atoms with Crippen molar-refractivity contribution in [3.63, 3.8) is 0 Å². The lowest BCUT2D eigenvalue weighted by atomic mass is 9.97. The number of thiazole rings is 1.